The topological polar surface area (TPSA) is 46.9 Å². The number of aromatic nitrogens is 2. The highest BCUT2D eigenvalue weighted by molar-refractivity contribution is 6.35. The van der Waals surface area contributed by atoms with Gasteiger partial charge in [-0.1, -0.05) is 66.7 Å². The summed E-state index contributed by atoms with van der Waals surface area (Å²) >= 11 is 18.7. The normalized spacial score (nSPS) is 18.7. The minimum Gasteiger partial charge on any atom is -0.348 e. The van der Waals surface area contributed by atoms with Crippen molar-refractivity contribution in [1.82, 2.24) is 15.1 Å². The van der Waals surface area contributed by atoms with Gasteiger partial charge in [-0.15, -0.1) is 0 Å². The Morgan fingerprint density at radius 2 is 1.74 bits per heavy atom. The number of hydrogen-bond donors (Lipinski definition) is 1. The quantitative estimate of drug-likeness (QED) is 0.373. The van der Waals surface area contributed by atoms with E-state index in [9.17, 15) is 4.79 Å². The molecular formula is C27H28Cl3N3O. The van der Waals surface area contributed by atoms with Gasteiger partial charge in [-0.05, 0) is 80.2 Å². The summed E-state index contributed by atoms with van der Waals surface area (Å²) in [7, 11) is 0. The summed E-state index contributed by atoms with van der Waals surface area (Å²) in [6.07, 6.45) is 6.53. The van der Waals surface area contributed by atoms with Crippen molar-refractivity contribution in [1.29, 1.82) is 0 Å². The number of hydrogen-bond acceptors (Lipinski definition) is 2. The summed E-state index contributed by atoms with van der Waals surface area (Å²) in [5.41, 5.74) is 4.64. The average molecular weight is 517 g/mol. The van der Waals surface area contributed by atoms with Gasteiger partial charge in [0.05, 0.1) is 16.4 Å². The van der Waals surface area contributed by atoms with Crippen LogP contribution in [-0.4, -0.2) is 21.7 Å². The van der Waals surface area contributed by atoms with Crippen LogP contribution in [0.4, 0.5) is 0 Å². The standard InChI is InChI=1S/C27H28Cl3N3O/c1-16-6-4-5-7-23(16)31-27(34)25-18(3)26(17(2)14-19-8-10-20(28)11-9-19)33(32-25)24-13-12-21(29)15-22(24)30/h8-16,23H,4-7H2,1-3H3,(H,31,34). The van der Waals surface area contributed by atoms with Crippen LogP contribution >= 0.6 is 34.8 Å². The van der Waals surface area contributed by atoms with E-state index in [2.05, 4.69) is 12.2 Å². The molecule has 4 nitrogen and oxygen atoms in total. The highest BCUT2D eigenvalue weighted by Crippen LogP contribution is 2.32. The van der Waals surface area contributed by atoms with Crippen LogP contribution in [0.5, 0.6) is 0 Å². The van der Waals surface area contributed by atoms with Crippen LogP contribution < -0.4 is 5.32 Å². The molecule has 1 aliphatic rings. The molecular weight excluding hydrogens is 489 g/mol. The predicted molar refractivity (Wildman–Crippen MR) is 142 cm³/mol. The molecule has 178 valence electrons. The van der Waals surface area contributed by atoms with Crippen LogP contribution in [-0.2, 0) is 0 Å². The molecule has 0 spiro atoms. The molecule has 1 amide bonds. The molecule has 1 aliphatic carbocycles. The number of nitrogens with zero attached hydrogens (tertiary/aromatic N) is 2. The van der Waals surface area contributed by atoms with Crippen molar-refractivity contribution in [3.8, 4) is 5.69 Å². The van der Waals surface area contributed by atoms with Gasteiger partial charge in [0.25, 0.3) is 5.91 Å². The summed E-state index contributed by atoms with van der Waals surface area (Å²) in [6, 6.07) is 13.0. The van der Waals surface area contributed by atoms with Gasteiger partial charge in [0.15, 0.2) is 5.69 Å². The Kier molecular flexibility index (Phi) is 7.71. The molecule has 0 bridgehead atoms. The van der Waals surface area contributed by atoms with Gasteiger partial charge in [0, 0.05) is 21.7 Å². The largest absolute Gasteiger partial charge is 0.348 e. The Morgan fingerprint density at radius 3 is 2.41 bits per heavy atom. The van der Waals surface area contributed by atoms with Gasteiger partial charge in [-0.3, -0.25) is 4.79 Å². The maximum Gasteiger partial charge on any atom is 0.272 e. The lowest BCUT2D eigenvalue weighted by atomic mass is 9.86. The highest BCUT2D eigenvalue weighted by Gasteiger charge is 2.27. The van der Waals surface area contributed by atoms with Crippen molar-refractivity contribution < 1.29 is 4.79 Å². The second-order valence-electron chi connectivity index (χ2n) is 9.05. The minimum atomic E-state index is -0.152. The Bertz CT molecular complexity index is 1230. The molecule has 2 aromatic carbocycles. The Hall–Kier alpha value is -2.27. The van der Waals surface area contributed by atoms with E-state index >= 15 is 0 Å². The van der Waals surface area contributed by atoms with Crippen molar-refractivity contribution in [2.24, 2.45) is 5.92 Å². The SMILES string of the molecule is CC(=Cc1ccc(Cl)cc1)c1c(C)c(C(=O)NC2CCCCC2C)nn1-c1ccc(Cl)cc1Cl. The minimum absolute atomic E-state index is 0.152. The van der Waals surface area contributed by atoms with Crippen molar-refractivity contribution >= 4 is 52.4 Å². The number of allylic oxidation sites excluding steroid dienone is 1. The van der Waals surface area contributed by atoms with Crippen molar-refractivity contribution in [2.45, 2.75) is 52.5 Å². The zero-order chi connectivity index (χ0) is 24.4. The van der Waals surface area contributed by atoms with Crippen molar-refractivity contribution in [3.05, 3.63) is 80.0 Å². The zero-order valence-corrected chi connectivity index (χ0v) is 21.8. The molecule has 0 saturated heterocycles. The second-order valence-corrected chi connectivity index (χ2v) is 10.3. The van der Waals surface area contributed by atoms with Gasteiger partial charge in [0.1, 0.15) is 0 Å². The zero-order valence-electron chi connectivity index (χ0n) is 19.5. The highest BCUT2D eigenvalue weighted by atomic mass is 35.5. The van der Waals surface area contributed by atoms with Gasteiger partial charge >= 0.3 is 0 Å². The lowest BCUT2D eigenvalue weighted by molar-refractivity contribution is 0.0904. The van der Waals surface area contributed by atoms with E-state index in [-0.39, 0.29) is 11.9 Å². The van der Waals surface area contributed by atoms with Gasteiger partial charge in [-0.2, -0.15) is 5.10 Å². The van der Waals surface area contributed by atoms with E-state index in [1.165, 1.54) is 6.42 Å². The summed E-state index contributed by atoms with van der Waals surface area (Å²) in [5, 5.41) is 9.67. The molecule has 1 aromatic heterocycles. The molecule has 0 aliphatic heterocycles. The van der Waals surface area contributed by atoms with E-state index in [4.69, 9.17) is 39.9 Å². The fraction of sp³-hybridized carbons (Fsp3) is 0.333. The fourth-order valence-corrected chi connectivity index (χ4v) is 5.26. The number of carbonyl (C=O) groups is 1. The Balaban J connectivity index is 1.79. The number of nitrogens with one attached hydrogen (secondary N) is 1. The molecule has 4 rings (SSSR count). The first-order valence-corrected chi connectivity index (χ1v) is 12.7. The molecule has 1 saturated carbocycles. The van der Waals surface area contributed by atoms with E-state index in [1.807, 2.05) is 50.3 Å². The average Bonchev–Trinajstić information content (AvgIpc) is 3.14. The monoisotopic (exact) mass is 515 g/mol. The molecule has 0 radical (unpaired) electrons. The lowest BCUT2D eigenvalue weighted by Crippen LogP contribution is -2.41. The van der Waals surface area contributed by atoms with Crippen molar-refractivity contribution in [2.75, 3.05) is 0 Å². The van der Waals surface area contributed by atoms with Crippen LogP contribution in [0.3, 0.4) is 0 Å². The third-order valence-corrected chi connectivity index (χ3v) is 7.32. The van der Waals surface area contributed by atoms with E-state index < -0.39 is 0 Å². The number of amides is 1. The third-order valence-electron chi connectivity index (χ3n) is 6.53. The summed E-state index contributed by atoms with van der Waals surface area (Å²) in [6.45, 7) is 6.14. The Morgan fingerprint density at radius 1 is 1.06 bits per heavy atom. The molecule has 34 heavy (non-hydrogen) atoms. The predicted octanol–water partition coefficient (Wildman–Crippen LogP) is 8.01. The Labute approximate surface area is 215 Å². The third kappa shape index (κ3) is 5.35. The summed E-state index contributed by atoms with van der Waals surface area (Å²) in [4.78, 5) is 13.4. The molecule has 2 unspecified atom stereocenters. The van der Waals surface area contributed by atoms with Crippen LogP contribution in [0.1, 0.15) is 66.8 Å². The van der Waals surface area contributed by atoms with Crippen molar-refractivity contribution in [3.63, 3.8) is 0 Å². The van der Waals surface area contributed by atoms with Crippen LogP contribution in [0.25, 0.3) is 17.3 Å². The number of benzene rings is 2. The van der Waals surface area contributed by atoms with Gasteiger partial charge in [-0.25, -0.2) is 4.68 Å². The molecule has 1 fully saturated rings. The number of rotatable bonds is 5. The lowest BCUT2D eigenvalue weighted by Gasteiger charge is -2.29. The van der Waals surface area contributed by atoms with E-state index in [0.29, 0.717) is 32.4 Å². The molecule has 3 aromatic rings. The summed E-state index contributed by atoms with van der Waals surface area (Å²) < 4.78 is 1.74. The first-order valence-electron chi connectivity index (χ1n) is 11.5. The first kappa shape index (κ1) is 24.8. The summed E-state index contributed by atoms with van der Waals surface area (Å²) in [5.74, 6) is 0.303. The molecule has 1 heterocycles. The second kappa shape index (κ2) is 10.6. The van der Waals surface area contributed by atoms with Gasteiger partial charge < -0.3 is 5.32 Å². The van der Waals surface area contributed by atoms with Crippen LogP contribution in [0.15, 0.2) is 42.5 Å². The van der Waals surface area contributed by atoms with Crippen LogP contribution in [0, 0.1) is 12.8 Å². The smallest absolute Gasteiger partial charge is 0.272 e. The van der Waals surface area contributed by atoms with E-state index in [0.717, 1.165) is 41.7 Å². The molecule has 7 heteroatoms. The van der Waals surface area contributed by atoms with E-state index in [1.54, 1.807) is 16.8 Å². The fourth-order valence-electron chi connectivity index (χ4n) is 4.65. The maximum atomic E-state index is 13.4. The number of halogens is 3. The molecule has 2 atom stereocenters. The first-order chi connectivity index (χ1) is 16.2. The maximum absolute atomic E-state index is 13.4. The van der Waals surface area contributed by atoms with Crippen LogP contribution in [0.2, 0.25) is 15.1 Å². The van der Waals surface area contributed by atoms with Gasteiger partial charge in [0.2, 0.25) is 0 Å². The molecule has 1 N–H and O–H groups in total. The number of carbonyl (C=O) groups excluding carboxylic acids is 1.